The van der Waals surface area contributed by atoms with Crippen molar-refractivity contribution >= 4 is 11.3 Å². The fraction of sp³-hybridized carbons (Fsp3) is 0.333. The maximum Gasteiger partial charge on any atom is 0.131 e. The average Bonchev–Trinajstić information content (AvgIpc) is 3.24. The highest BCUT2D eigenvalue weighted by Crippen LogP contribution is 2.14. The highest BCUT2D eigenvalue weighted by Gasteiger charge is 2.04. The van der Waals surface area contributed by atoms with E-state index in [1.807, 2.05) is 33.9 Å². The average molecular weight is 342 g/mol. The smallest absolute Gasteiger partial charge is 0.131 e. The second-order valence-electron chi connectivity index (χ2n) is 5.93. The van der Waals surface area contributed by atoms with Crippen molar-refractivity contribution in [1.82, 2.24) is 20.1 Å². The predicted molar refractivity (Wildman–Crippen MR) is 96.2 cm³/mol. The third-order valence-corrected chi connectivity index (χ3v) is 4.31. The van der Waals surface area contributed by atoms with Crippen LogP contribution in [0.25, 0.3) is 0 Å². The van der Waals surface area contributed by atoms with Gasteiger partial charge in [-0.25, -0.2) is 4.98 Å². The lowest BCUT2D eigenvalue weighted by Gasteiger charge is -2.14. The van der Waals surface area contributed by atoms with Gasteiger partial charge in [-0.2, -0.15) is 5.10 Å². The molecule has 2 aromatic heterocycles. The van der Waals surface area contributed by atoms with Gasteiger partial charge in [0.05, 0.1) is 23.9 Å². The van der Waals surface area contributed by atoms with Gasteiger partial charge in [0.2, 0.25) is 0 Å². The number of hydrogen-bond acceptors (Lipinski definition) is 5. The molecule has 0 bridgehead atoms. The van der Waals surface area contributed by atoms with E-state index in [2.05, 4.69) is 47.6 Å². The van der Waals surface area contributed by atoms with E-state index >= 15 is 0 Å². The molecule has 0 aliphatic rings. The Kier molecular flexibility index (Phi) is 5.61. The first kappa shape index (κ1) is 16.7. The van der Waals surface area contributed by atoms with Crippen molar-refractivity contribution < 1.29 is 4.74 Å². The van der Waals surface area contributed by atoms with Crippen LogP contribution in [0.3, 0.4) is 0 Å². The fourth-order valence-corrected chi connectivity index (χ4v) is 2.92. The Bertz CT molecular complexity index is 737. The maximum atomic E-state index is 5.72. The second kappa shape index (κ2) is 8.08. The number of benzene rings is 1. The molecule has 3 rings (SSSR count). The van der Waals surface area contributed by atoms with Gasteiger partial charge in [0.1, 0.15) is 12.4 Å². The minimum Gasteiger partial charge on any atom is -0.487 e. The lowest BCUT2D eigenvalue weighted by atomic mass is 10.2. The first-order valence-corrected chi connectivity index (χ1v) is 8.94. The highest BCUT2D eigenvalue weighted by molar-refractivity contribution is 7.07. The number of rotatable bonds is 8. The number of aryl methyl sites for hydroxylation is 1. The van der Waals surface area contributed by atoms with E-state index in [0.717, 1.165) is 24.5 Å². The van der Waals surface area contributed by atoms with Gasteiger partial charge in [-0.3, -0.25) is 4.68 Å². The minimum atomic E-state index is 0.352. The lowest BCUT2D eigenvalue weighted by Crippen LogP contribution is -2.30. The molecule has 3 aromatic rings. The molecule has 5 nitrogen and oxygen atoms in total. The molecule has 0 amide bonds. The number of nitrogens with one attached hydrogen (secondary N) is 1. The van der Waals surface area contributed by atoms with E-state index in [9.17, 15) is 0 Å². The zero-order chi connectivity index (χ0) is 16.8. The van der Waals surface area contributed by atoms with Gasteiger partial charge in [-0.05, 0) is 37.1 Å². The Hall–Kier alpha value is -2.18. The lowest BCUT2D eigenvalue weighted by molar-refractivity contribution is 0.302. The summed E-state index contributed by atoms with van der Waals surface area (Å²) in [6, 6.07) is 8.54. The standard InChI is InChI=1S/C18H22N4OS/c1-14-7-21-22(9-14)10-15(2)19-8-16-3-5-18(6-4-16)23-11-17-12-24-13-20-17/h3-7,9,12-13,15,19H,8,10-11H2,1-2H3/t15-/m0/s1. The van der Waals surface area contributed by atoms with Crippen molar-refractivity contribution in [2.24, 2.45) is 0 Å². The molecule has 24 heavy (non-hydrogen) atoms. The Morgan fingerprint density at radius 3 is 2.79 bits per heavy atom. The van der Waals surface area contributed by atoms with Crippen LogP contribution in [0.5, 0.6) is 5.75 Å². The van der Waals surface area contributed by atoms with Crippen molar-refractivity contribution in [3.05, 3.63) is 64.4 Å². The summed E-state index contributed by atoms with van der Waals surface area (Å²) in [6.07, 6.45) is 3.95. The quantitative estimate of drug-likeness (QED) is 0.682. The molecule has 1 atom stereocenters. The number of thiazole rings is 1. The summed E-state index contributed by atoms with van der Waals surface area (Å²) >= 11 is 1.58. The van der Waals surface area contributed by atoms with Crippen LogP contribution in [0.2, 0.25) is 0 Å². The maximum absolute atomic E-state index is 5.72. The van der Waals surface area contributed by atoms with Gasteiger partial charge in [-0.15, -0.1) is 11.3 Å². The molecule has 6 heteroatoms. The molecule has 0 aliphatic heterocycles. The summed E-state index contributed by atoms with van der Waals surface area (Å²) in [5, 5.41) is 9.84. The van der Waals surface area contributed by atoms with E-state index in [4.69, 9.17) is 4.74 Å². The highest BCUT2D eigenvalue weighted by atomic mass is 32.1. The first-order valence-electron chi connectivity index (χ1n) is 8.00. The SMILES string of the molecule is Cc1cnn(C[C@H](C)NCc2ccc(OCc3cscn3)cc2)c1. The number of hydrogen-bond donors (Lipinski definition) is 1. The molecule has 126 valence electrons. The van der Waals surface area contributed by atoms with Gasteiger partial charge < -0.3 is 10.1 Å². The molecule has 0 fully saturated rings. The van der Waals surface area contributed by atoms with E-state index in [1.54, 1.807) is 11.3 Å². The Balaban J connectivity index is 1.43. The molecule has 1 aromatic carbocycles. The van der Waals surface area contributed by atoms with Crippen LogP contribution < -0.4 is 10.1 Å². The van der Waals surface area contributed by atoms with E-state index < -0.39 is 0 Å². The number of ether oxygens (including phenoxy) is 1. The summed E-state index contributed by atoms with van der Waals surface area (Å²) in [5.74, 6) is 0.867. The zero-order valence-corrected chi connectivity index (χ0v) is 14.8. The van der Waals surface area contributed by atoms with Crippen LogP contribution >= 0.6 is 11.3 Å². The van der Waals surface area contributed by atoms with Crippen LogP contribution in [0.1, 0.15) is 23.7 Å². The largest absolute Gasteiger partial charge is 0.487 e. The molecule has 0 saturated heterocycles. The Morgan fingerprint density at radius 2 is 2.12 bits per heavy atom. The van der Waals surface area contributed by atoms with Crippen LogP contribution in [0.15, 0.2) is 47.5 Å². The molecular formula is C18H22N4OS. The van der Waals surface area contributed by atoms with Crippen molar-refractivity contribution in [3.8, 4) is 5.75 Å². The summed E-state index contributed by atoms with van der Waals surface area (Å²) in [6.45, 7) is 6.43. The van der Waals surface area contributed by atoms with Crippen LogP contribution in [-0.2, 0) is 19.7 Å². The molecule has 1 N–H and O–H groups in total. The molecular weight excluding hydrogens is 320 g/mol. The van der Waals surface area contributed by atoms with Crippen LogP contribution in [0, 0.1) is 6.92 Å². The molecule has 0 unspecified atom stereocenters. The topological polar surface area (TPSA) is 52.0 Å². The molecule has 0 radical (unpaired) electrons. The van der Waals surface area contributed by atoms with Gasteiger partial charge in [0, 0.05) is 24.2 Å². The predicted octanol–water partition coefficient (Wildman–Crippen LogP) is 3.41. The van der Waals surface area contributed by atoms with Crippen LogP contribution in [-0.4, -0.2) is 20.8 Å². The fourth-order valence-electron chi connectivity index (χ4n) is 2.37. The molecule has 0 saturated carbocycles. The minimum absolute atomic E-state index is 0.352. The third kappa shape index (κ3) is 4.91. The van der Waals surface area contributed by atoms with Gasteiger partial charge >= 0.3 is 0 Å². The van der Waals surface area contributed by atoms with Gasteiger partial charge in [-0.1, -0.05) is 12.1 Å². The second-order valence-corrected chi connectivity index (χ2v) is 6.65. The first-order chi connectivity index (χ1) is 11.7. The molecule has 0 aliphatic carbocycles. The third-order valence-electron chi connectivity index (χ3n) is 3.67. The molecule has 0 spiro atoms. The van der Waals surface area contributed by atoms with Gasteiger partial charge in [0.15, 0.2) is 0 Å². The van der Waals surface area contributed by atoms with Crippen molar-refractivity contribution in [3.63, 3.8) is 0 Å². The number of aromatic nitrogens is 3. The summed E-state index contributed by atoms with van der Waals surface area (Å²) in [4.78, 5) is 4.21. The normalized spacial score (nSPS) is 12.2. The summed E-state index contributed by atoms with van der Waals surface area (Å²) in [5.41, 5.74) is 5.21. The Morgan fingerprint density at radius 1 is 1.29 bits per heavy atom. The Labute approximate surface area is 146 Å². The summed E-state index contributed by atoms with van der Waals surface area (Å²) < 4.78 is 7.70. The monoisotopic (exact) mass is 342 g/mol. The van der Waals surface area contributed by atoms with Crippen LogP contribution in [0.4, 0.5) is 0 Å². The van der Waals surface area contributed by atoms with Crippen molar-refractivity contribution in [2.45, 2.75) is 39.6 Å². The molecule has 2 heterocycles. The number of nitrogens with zero attached hydrogens (tertiary/aromatic N) is 3. The van der Waals surface area contributed by atoms with Gasteiger partial charge in [0.25, 0.3) is 0 Å². The van der Waals surface area contributed by atoms with Crippen molar-refractivity contribution in [1.29, 1.82) is 0 Å². The van der Waals surface area contributed by atoms with Crippen molar-refractivity contribution in [2.75, 3.05) is 0 Å². The zero-order valence-electron chi connectivity index (χ0n) is 14.0. The summed E-state index contributed by atoms with van der Waals surface area (Å²) in [7, 11) is 0. The van der Waals surface area contributed by atoms with E-state index in [-0.39, 0.29) is 0 Å². The van der Waals surface area contributed by atoms with E-state index in [0.29, 0.717) is 12.6 Å². The van der Waals surface area contributed by atoms with E-state index in [1.165, 1.54) is 11.1 Å².